The van der Waals surface area contributed by atoms with Gasteiger partial charge in [0.2, 0.25) is 0 Å². The molecule has 0 bridgehead atoms. The lowest BCUT2D eigenvalue weighted by Gasteiger charge is -2.49. The van der Waals surface area contributed by atoms with Gasteiger partial charge in [-0.3, -0.25) is 14.3 Å². The number of halogens is 3. The molecular formula is C26H31F3N6O2. The van der Waals surface area contributed by atoms with Gasteiger partial charge in [-0.1, -0.05) is 19.9 Å². The molecular weight excluding hydrogens is 485 g/mol. The van der Waals surface area contributed by atoms with Crippen molar-refractivity contribution in [2.75, 3.05) is 18.0 Å². The van der Waals surface area contributed by atoms with Gasteiger partial charge >= 0.3 is 6.61 Å². The lowest BCUT2D eigenvalue weighted by molar-refractivity contribution is -0.0516. The lowest BCUT2D eigenvalue weighted by atomic mass is 9.96. The number of rotatable bonds is 8. The predicted molar refractivity (Wildman–Crippen MR) is 133 cm³/mol. The summed E-state index contributed by atoms with van der Waals surface area (Å²) >= 11 is 0. The maximum atomic E-state index is 13.8. The number of ether oxygens (including phenoxy) is 1. The highest BCUT2D eigenvalue weighted by Gasteiger charge is 2.37. The van der Waals surface area contributed by atoms with Crippen molar-refractivity contribution in [3.8, 4) is 11.8 Å². The zero-order valence-corrected chi connectivity index (χ0v) is 21.4. The smallest absolute Gasteiger partial charge is 0.387 e. The molecule has 1 fully saturated rings. The van der Waals surface area contributed by atoms with Crippen LogP contribution in [0.1, 0.15) is 50.9 Å². The van der Waals surface area contributed by atoms with Gasteiger partial charge in [0.15, 0.2) is 0 Å². The number of hydrogen-bond donors (Lipinski definition) is 0. The molecule has 1 aliphatic rings. The third-order valence-corrected chi connectivity index (χ3v) is 7.26. The second-order valence-electron chi connectivity index (χ2n) is 9.35. The fourth-order valence-electron chi connectivity index (χ4n) is 5.25. The Kier molecular flexibility index (Phi) is 7.78. The second kappa shape index (κ2) is 10.8. The molecule has 1 saturated heterocycles. The van der Waals surface area contributed by atoms with Crippen LogP contribution < -0.4 is 15.2 Å². The number of nitriles is 1. The second-order valence-corrected chi connectivity index (χ2v) is 9.35. The number of aryl methyl sites for hydroxylation is 1. The molecule has 0 saturated carbocycles. The molecule has 2 aromatic heterocycles. The molecule has 8 nitrogen and oxygen atoms in total. The van der Waals surface area contributed by atoms with E-state index in [0.29, 0.717) is 35.8 Å². The van der Waals surface area contributed by atoms with Crippen LogP contribution in [0.3, 0.4) is 0 Å². The van der Waals surface area contributed by atoms with Crippen LogP contribution in [0.4, 0.5) is 19.0 Å². The van der Waals surface area contributed by atoms with Crippen molar-refractivity contribution in [1.29, 1.82) is 5.26 Å². The predicted octanol–water partition coefficient (Wildman–Crippen LogP) is 4.28. The van der Waals surface area contributed by atoms with Gasteiger partial charge < -0.3 is 9.64 Å². The van der Waals surface area contributed by atoms with E-state index in [2.05, 4.69) is 39.6 Å². The topological polar surface area (TPSA) is 78.8 Å². The quantitative estimate of drug-likeness (QED) is 0.445. The van der Waals surface area contributed by atoms with E-state index in [4.69, 9.17) is 5.26 Å². The fraction of sp³-hybridized carbons (Fsp3) is 0.500. The van der Waals surface area contributed by atoms with Crippen LogP contribution in [-0.2, 0) is 13.5 Å². The first-order valence-corrected chi connectivity index (χ1v) is 12.4. The zero-order valence-electron chi connectivity index (χ0n) is 21.4. The first kappa shape index (κ1) is 26.5. The molecule has 0 spiro atoms. The summed E-state index contributed by atoms with van der Waals surface area (Å²) in [5.41, 5.74) is 1.50. The number of fused-ring (bicyclic) bond motifs is 1. The van der Waals surface area contributed by atoms with E-state index in [1.165, 1.54) is 16.7 Å². The van der Waals surface area contributed by atoms with Gasteiger partial charge in [0.1, 0.15) is 23.0 Å². The minimum atomic E-state index is -3.06. The molecule has 4 rings (SSSR count). The minimum Gasteiger partial charge on any atom is -0.434 e. The first-order chi connectivity index (χ1) is 17.7. The van der Waals surface area contributed by atoms with Crippen molar-refractivity contribution in [2.24, 2.45) is 7.05 Å². The minimum absolute atomic E-state index is 0.00972. The maximum absolute atomic E-state index is 13.8. The summed E-state index contributed by atoms with van der Waals surface area (Å²) < 4.78 is 47.8. The number of nitrogens with zero attached hydrogens (tertiary/aromatic N) is 6. The van der Waals surface area contributed by atoms with Crippen LogP contribution in [0, 0.1) is 17.1 Å². The van der Waals surface area contributed by atoms with Crippen LogP contribution in [-0.4, -0.2) is 50.9 Å². The molecule has 0 aliphatic carbocycles. The summed E-state index contributed by atoms with van der Waals surface area (Å²) in [5.74, 6) is -0.148. The number of benzene rings is 1. The average molecular weight is 517 g/mol. The molecule has 3 atom stereocenters. The molecule has 1 unspecified atom stereocenters. The number of piperazine rings is 1. The fourth-order valence-corrected chi connectivity index (χ4v) is 5.25. The highest BCUT2D eigenvalue weighted by atomic mass is 19.3. The average Bonchev–Trinajstić information content (AvgIpc) is 3.29. The molecule has 1 aliphatic heterocycles. The molecule has 3 aromatic rings. The first-order valence-electron chi connectivity index (χ1n) is 12.4. The number of alkyl halides is 2. The van der Waals surface area contributed by atoms with Crippen molar-refractivity contribution >= 4 is 11.5 Å². The number of aromatic nitrogens is 3. The summed E-state index contributed by atoms with van der Waals surface area (Å²) in [6.07, 6.45) is 1.65. The van der Waals surface area contributed by atoms with Gasteiger partial charge in [0.05, 0.1) is 18.2 Å². The highest BCUT2D eigenvalue weighted by molar-refractivity contribution is 5.52. The van der Waals surface area contributed by atoms with Crippen LogP contribution in [0.2, 0.25) is 0 Å². The molecule has 3 heterocycles. The van der Waals surface area contributed by atoms with Gasteiger partial charge in [-0.25, -0.2) is 8.91 Å². The van der Waals surface area contributed by atoms with Crippen LogP contribution >= 0.6 is 0 Å². The Bertz CT molecular complexity index is 1360. The molecule has 1 aromatic carbocycles. The number of hydrogen-bond acceptors (Lipinski definition) is 6. The summed E-state index contributed by atoms with van der Waals surface area (Å²) in [6, 6.07) is 8.87. The standard InChI is InChI=1S/C26H31F3N6O2/c1-5-19-15-34(24-13-25(36)32(4)23-12-18(9-10-30)31-35(23)24)20(6-2)14-33(19)16(3)21-8-7-17(27)11-22(21)37-26(28)29/h7-8,11-13,16,19-20,26H,5-6,9,14-15H2,1-4H3/t16?,19-,20+/m1/s1. The largest absolute Gasteiger partial charge is 0.434 e. The van der Waals surface area contributed by atoms with E-state index in [9.17, 15) is 18.0 Å². The third-order valence-electron chi connectivity index (χ3n) is 7.26. The summed E-state index contributed by atoms with van der Waals surface area (Å²) in [7, 11) is 1.67. The monoisotopic (exact) mass is 516 g/mol. The van der Waals surface area contributed by atoms with E-state index in [1.54, 1.807) is 23.7 Å². The van der Waals surface area contributed by atoms with Gasteiger partial charge in [-0.05, 0) is 25.8 Å². The third kappa shape index (κ3) is 5.16. The van der Waals surface area contributed by atoms with Gasteiger partial charge in [0.25, 0.3) is 5.56 Å². The molecule has 0 N–H and O–H groups in total. The normalized spacial score (nSPS) is 19.4. The summed E-state index contributed by atoms with van der Waals surface area (Å²) in [5, 5.41) is 13.7. The van der Waals surface area contributed by atoms with E-state index >= 15 is 0 Å². The van der Waals surface area contributed by atoms with Gasteiger partial charge in [-0.2, -0.15) is 19.1 Å². The Balaban J connectivity index is 1.72. The van der Waals surface area contributed by atoms with E-state index in [1.807, 2.05) is 6.92 Å². The van der Waals surface area contributed by atoms with Crippen molar-refractivity contribution in [3.05, 3.63) is 57.8 Å². The molecule has 11 heteroatoms. The summed E-state index contributed by atoms with van der Waals surface area (Å²) in [4.78, 5) is 17.2. The van der Waals surface area contributed by atoms with E-state index in [-0.39, 0.29) is 35.9 Å². The Morgan fingerprint density at radius 2 is 1.89 bits per heavy atom. The van der Waals surface area contributed by atoms with E-state index < -0.39 is 12.4 Å². The van der Waals surface area contributed by atoms with Crippen molar-refractivity contribution < 1.29 is 17.9 Å². The van der Waals surface area contributed by atoms with Crippen LogP contribution in [0.5, 0.6) is 5.75 Å². The van der Waals surface area contributed by atoms with Crippen molar-refractivity contribution in [1.82, 2.24) is 19.1 Å². The SMILES string of the molecule is CC[C@H]1CN(C(C)c2ccc(F)cc2OC(F)F)[C@H](CC)CN1c1cc(=O)n(C)c2cc(CC#N)nn12. The Morgan fingerprint density at radius 3 is 2.54 bits per heavy atom. The Labute approximate surface area is 213 Å². The van der Waals surface area contributed by atoms with Crippen LogP contribution in [0.25, 0.3) is 5.65 Å². The Morgan fingerprint density at radius 1 is 1.16 bits per heavy atom. The number of anilines is 1. The summed E-state index contributed by atoms with van der Waals surface area (Å²) in [6.45, 7) is 4.12. The molecule has 198 valence electrons. The lowest BCUT2D eigenvalue weighted by Crippen LogP contribution is -2.59. The molecule has 0 radical (unpaired) electrons. The molecule has 0 amide bonds. The molecule has 37 heavy (non-hydrogen) atoms. The maximum Gasteiger partial charge on any atom is 0.387 e. The highest BCUT2D eigenvalue weighted by Crippen LogP contribution is 2.36. The zero-order chi connectivity index (χ0) is 26.9. The van der Waals surface area contributed by atoms with Crippen LogP contribution in [0.15, 0.2) is 35.1 Å². The van der Waals surface area contributed by atoms with Gasteiger partial charge in [0, 0.05) is 62.0 Å². The van der Waals surface area contributed by atoms with Gasteiger partial charge in [-0.15, -0.1) is 0 Å². The van der Waals surface area contributed by atoms with E-state index in [0.717, 1.165) is 18.9 Å². The van der Waals surface area contributed by atoms with Crippen molar-refractivity contribution in [2.45, 2.75) is 64.8 Å². The Hall–Kier alpha value is -3.52. The van der Waals surface area contributed by atoms with Crippen molar-refractivity contribution in [3.63, 3.8) is 0 Å².